The highest BCUT2D eigenvalue weighted by atomic mass is 16.5. The van der Waals surface area contributed by atoms with Crippen LogP contribution in [0.1, 0.15) is 22.3 Å². The minimum absolute atomic E-state index is 0.145. The van der Waals surface area contributed by atoms with Crippen molar-refractivity contribution in [3.63, 3.8) is 0 Å². The van der Waals surface area contributed by atoms with Crippen LogP contribution in [0.3, 0.4) is 0 Å². The number of benzene rings is 3. The summed E-state index contributed by atoms with van der Waals surface area (Å²) in [6, 6.07) is 21.3. The molecule has 3 N–H and O–H groups in total. The lowest BCUT2D eigenvalue weighted by Crippen LogP contribution is -2.25. The lowest BCUT2D eigenvalue weighted by molar-refractivity contribution is 0.414. The quantitative estimate of drug-likeness (QED) is 0.535. The number of aliphatic imine (C=N–C) groups is 1. The zero-order chi connectivity index (χ0) is 21.4. The molecular weight excluding hydrogens is 388 g/mol. The summed E-state index contributed by atoms with van der Waals surface area (Å²) in [6.45, 7) is 0. The molecule has 0 aliphatic carbocycles. The van der Waals surface area contributed by atoms with Crippen molar-refractivity contribution in [2.45, 2.75) is 5.54 Å². The molecule has 6 heteroatoms. The van der Waals surface area contributed by atoms with Crippen LogP contribution < -0.4 is 10.5 Å². The molecule has 0 saturated heterocycles. The van der Waals surface area contributed by atoms with Gasteiger partial charge in [-0.05, 0) is 41.0 Å². The number of aromatic nitrogens is 2. The lowest BCUT2D eigenvalue weighted by atomic mass is 9.77. The molecule has 0 fully saturated rings. The molecule has 6 nitrogen and oxygen atoms in total. The van der Waals surface area contributed by atoms with Gasteiger partial charge in [-0.2, -0.15) is 0 Å². The molecule has 3 aromatic carbocycles. The van der Waals surface area contributed by atoms with Crippen molar-refractivity contribution in [2.24, 2.45) is 10.7 Å². The molecule has 31 heavy (non-hydrogen) atoms. The molecule has 1 unspecified atom stereocenters. The van der Waals surface area contributed by atoms with E-state index < -0.39 is 5.54 Å². The Hall–Kier alpha value is -4.19. The molecular formula is C25H20N4O2. The van der Waals surface area contributed by atoms with Crippen molar-refractivity contribution in [2.75, 3.05) is 7.11 Å². The van der Waals surface area contributed by atoms with Gasteiger partial charge in [-0.15, -0.1) is 0 Å². The van der Waals surface area contributed by atoms with Crippen LogP contribution >= 0.6 is 0 Å². The largest absolute Gasteiger partial charge is 0.507 e. The topological polar surface area (TPSA) is 93.6 Å². The Bertz CT molecular complexity index is 1290. The van der Waals surface area contributed by atoms with Crippen molar-refractivity contribution in [3.8, 4) is 22.6 Å². The van der Waals surface area contributed by atoms with Gasteiger partial charge in [0, 0.05) is 29.1 Å². The van der Waals surface area contributed by atoms with Crippen LogP contribution in [0.4, 0.5) is 0 Å². The number of nitrogens with zero attached hydrogens (tertiary/aromatic N) is 3. The van der Waals surface area contributed by atoms with Gasteiger partial charge in [0.25, 0.3) is 0 Å². The van der Waals surface area contributed by atoms with E-state index in [4.69, 9.17) is 15.5 Å². The monoisotopic (exact) mass is 408 g/mol. The molecule has 2 heterocycles. The zero-order valence-electron chi connectivity index (χ0n) is 16.9. The Labute approximate surface area is 179 Å². The van der Waals surface area contributed by atoms with E-state index in [9.17, 15) is 5.11 Å². The number of fused-ring (bicyclic) bond motifs is 1. The van der Waals surface area contributed by atoms with Gasteiger partial charge in [0.1, 0.15) is 29.2 Å². The molecule has 1 aromatic heterocycles. The highest BCUT2D eigenvalue weighted by Crippen LogP contribution is 2.47. The Kier molecular flexibility index (Phi) is 4.40. The number of amidine groups is 1. The highest BCUT2D eigenvalue weighted by Gasteiger charge is 2.43. The van der Waals surface area contributed by atoms with E-state index in [1.165, 1.54) is 6.33 Å². The van der Waals surface area contributed by atoms with Crippen LogP contribution in [0, 0.1) is 0 Å². The first kappa shape index (κ1) is 18.8. The van der Waals surface area contributed by atoms with Crippen molar-refractivity contribution in [1.29, 1.82) is 0 Å². The van der Waals surface area contributed by atoms with E-state index in [0.717, 1.165) is 33.6 Å². The third-order valence-electron chi connectivity index (χ3n) is 5.67. The van der Waals surface area contributed by atoms with Crippen LogP contribution in [-0.4, -0.2) is 28.0 Å². The highest BCUT2D eigenvalue weighted by molar-refractivity contribution is 6.03. The molecule has 0 saturated carbocycles. The summed E-state index contributed by atoms with van der Waals surface area (Å²) in [6.07, 6.45) is 4.81. The average Bonchev–Trinajstić information content (AvgIpc) is 3.13. The number of phenolic OH excluding ortho intramolecular Hbond substituents is 1. The van der Waals surface area contributed by atoms with E-state index in [0.29, 0.717) is 11.4 Å². The average molecular weight is 408 g/mol. The molecule has 1 aliphatic heterocycles. The molecule has 0 radical (unpaired) electrons. The van der Waals surface area contributed by atoms with Gasteiger partial charge in [-0.25, -0.2) is 15.0 Å². The van der Waals surface area contributed by atoms with Gasteiger partial charge >= 0.3 is 0 Å². The van der Waals surface area contributed by atoms with Gasteiger partial charge in [0.2, 0.25) is 0 Å². The second kappa shape index (κ2) is 7.25. The fourth-order valence-electron chi connectivity index (χ4n) is 4.19. The summed E-state index contributed by atoms with van der Waals surface area (Å²) >= 11 is 0. The maximum absolute atomic E-state index is 10.6. The first-order chi connectivity index (χ1) is 15.1. The number of hydrogen-bond donors (Lipinski definition) is 2. The Balaban J connectivity index is 1.79. The maximum Gasteiger partial charge on any atom is 0.139 e. The standard InChI is InChI=1S/C25H20N4O2/c1-31-19-9-6-17(7-10-19)25(22-5-3-2-4-20(22)24(26)29-25)18-8-11-23(30)21(12-18)16-13-27-15-28-14-16/h2-15,30H,1H3,(H2,26,29). The Morgan fingerprint density at radius 2 is 1.58 bits per heavy atom. The minimum atomic E-state index is -0.856. The minimum Gasteiger partial charge on any atom is -0.507 e. The van der Waals surface area contributed by atoms with Crippen molar-refractivity contribution in [3.05, 3.63) is 108 Å². The number of methoxy groups -OCH3 is 1. The predicted octanol–water partition coefficient (Wildman–Crippen LogP) is 3.87. The van der Waals surface area contributed by atoms with Crippen LogP contribution in [-0.2, 0) is 5.54 Å². The second-order valence-corrected chi connectivity index (χ2v) is 7.34. The molecule has 0 amide bonds. The molecule has 1 atom stereocenters. The summed E-state index contributed by atoms with van der Waals surface area (Å²) in [5.74, 6) is 1.38. The van der Waals surface area contributed by atoms with Crippen molar-refractivity contribution < 1.29 is 9.84 Å². The normalized spacial score (nSPS) is 17.1. The molecule has 4 aromatic rings. The smallest absolute Gasteiger partial charge is 0.139 e. The van der Waals surface area contributed by atoms with Gasteiger partial charge in [-0.1, -0.05) is 42.5 Å². The third kappa shape index (κ3) is 2.92. The van der Waals surface area contributed by atoms with E-state index in [1.807, 2.05) is 60.7 Å². The predicted molar refractivity (Wildman–Crippen MR) is 119 cm³/mol. The van der Waals surface area contributed by atoms with Crippen LogP contribution in [0.25, 0.3) is 11.1 Å². The number of hydrogen-bond acceptors (Lipinski definition) is 6. The number of ether oxygens (including phenoxy) is 1. The lowest BCUT2D eigenvalue weighted by Gasteiger charge is -2.30. The molecule has 0 spiro atoms. The van der Waals surface area contributed by atoms with E-state index in [1.54, 1.807) is 25.6 Å². The maximum atomic E-state index is 10.6. The molecule has 152 valence electrons. The van der Waals surface area contributed by atoms with Crippen LogP contribution in [0.5, 0.6) is 11.5 Å². The third-order valence-corrected chi connectivity index (χ3v) is 5.67. The van der Waals surface area contributed by atoms with Crippen LogP contribution in [0.15, 0.2) is 90.4 Å². The Morgan fingerprint density at radius 3 is 2.32 bits per heavy atom. The Morgan fingerprint density at radius 1 is 0.871 bits per heavy atom. The van der Waals surface area contributed by atoms with Crippen molar-refractivity contribution >= 4 is 5.84 Å². The molecule has 5 rings (SSSR count). The fraction of sp³-hybridized carbons (Fsp3) is 0.0800. The molecule has 1 aliphatic rings. The number of phenols is 1. The first-order valence-corrected chi connectivity index (χ1v) is 9.82. The van der Waals surface area contributed by atoms with Gasteiger partial charge in [0.15, 0.2) is 0 Å². The number of nitrogens with two attached hydrogens (primary N) is 1. The SMILES string of the molecule is COc1ccc(C2(c3ccc(O)c(-c4cncnc4)c3)N=C(N)c3ccccc32)cc1. The fourth-order valence-corrected chi connectivity index (χ4v) is 4.19. The summed E-state index contributed by atoms with van der Waals surface area (Å²) in [4.78, 5) is 13.2. The van der Waals surface area contributed by atoms with E-state index in [-0.39, 0.29) is 5.75 Å². The first-order valence-electron chi connectivity index (χ1n) is 9.82. The summed E-state index contributed by atoms with van der Waals surface area (Å²) < 4.78 is 5.35. The van der Waals surface area contributed by atoms with Gasteiger partial charge in [-0.3, -0.25) is 0 Å². The second-order valence-electron chi connectivity index (χ2n) is 7.34. The number of aromatic hydroxyl groups is 1. The van der Waals surface area contributed by atoms with Gasteiger partial charge < -0.3 is 15.6 Å². The van der Waals surface area contributed by atoms with Gasteiger partial charge in [0.05, 0.1) is 7.11 Å². The van der Waals surface area contributed by atoms with E-state index >= 15 is 0 Å². The molecule has 0 bridgehead atoms. The summed E-state index contributed by atoms with van der Waals surface area (Å²) in [5.41, 5.74) is 10.6. The summed E-state index contributed by atoms with van der Waals surface area (Å²) in [7, 11) is 1.64. The van der Waals surface area contributed by atoms with E-state index in [2.05, 4.69) is 9.97 Å². The zero-order valence-corrected chi connectivity index (χ0v) is 16.9. The van der Waals surface area contributed by atoms with Crippen molar-refractivity contribution in [1.82, 2.24) is 9.97 Å². The van der Waals surface area contributed by atoms with Crippen LogP contribution in [0.2, 0.25) is 0 Å². The number of rotatable bonds is 4. The summed E-state index contributed by atoms with van der Waals surface area (Å²) in [5, 5.41) is 10.6.